The Morgan fingerprint density at radius 3 is 1.64 bits per heavy atom. The molecule has 0 aliphatic heterocycles. The number of hydrogen-bond acceptors (Lipinski definition) is 3. The van der Waals surface area contributed by atoms with Crippen LogP contribution in [0.3, 0.4) is 0 Å². The molecule has 0 amide bonds. The molecule has 0 bridgehead atoms. The highest BCUT2D eigenvalue weighted by atomic mass is 15.0. The van der Waals surface area contributed by atoms with Crippen LogP contribution in [0.1, 0.15) is 0 Å². The summed E-state index contributed by atoms with van der Waals surface area (Å²) in [5, 5.41) is 2.33. The summed E-state index contributed by atoms with van der Waals surface area (Å²) < 4.78 is 2.26. The van der Waals surface area contributed by atoms with E-state index in [0.29, 0.717) is 28.7 Å². The number of para-hydroxylation sites is 1. The van der Waals surface area contributed by atoms with E-state index < -0.39 is 0 Å². The normalized spacial score (nSPS) is 11.1. The Bertz CT molecular complexity index is 2310. The first kappa shape index (κ1) is 26.3. The Labute approximate surface area is 260 Å². The van der Waals surface area contributed by atoms with Crippen molar-refractivity contribution in [3.63, 3.8) is 0 Å². The zero-order valence-corrected chi connectivity index (χ0v) is 24.2. The van der Waals surface area contributed by atoms with Gasteiger partial charge in [0.25, 0.3) is 0 Å². The lowest BCUT2D eigenvalue weighted by atomic mass is 10.0. The lowest BCUT2D eigenvalue weighted by Crippen LogP contribution is -2.01. The molecule has 0 aliphatic carbocycles. The second kappa shape index (κ2) is 11.0. The molecule has 0 atom stereocenters. The Morgan fingerprint density at radius 2 is 1.00 bits per heavy atom. The van der Waals surface area contributed by atoms with Crippen LogP contribution in [-0.2, 0) is 0 Å². The molecule has 0 fully saturated rings. The van der Waals surface area contributed by atoms with Crippen LogP contribution in [-0.4, -0.2) is 19.5 Å². The van der Waals surface area contributed by atoms with Gasteiger partial charge in [0.05, 0.1) is 17.6 Å². The number of rotatable bonds is 5. The summed E-state index contributed by atoms with van der Waals surface area (Å²) in [6.45, 7) is 8.03. The molecule has 210 valence electrons. The molecule has 2 aromatic heterocycles. The van der Waals surface area contributed by atoms with E-state index in [-0.39, 0.29) is 0 Å². The predicted octanol–water partition coefficient (Wildman–Crippen LogP) is 10.2. The number of benzene rings is 6. The van der Waals surface area contributed by atoms with Gasteiger partial charge in [0.15, 0.2) is 23.2 Å². The van der Waals surface area contributed by atoms with E-state index in [4.69, 9.17) is 21.5 Å². The van der Waals surface area contributed by atoms with E-state index in [1.165, 1.54) is 21.9 Å². The van der Waals surface area contributed by atoms with Gasteiger partial charge in [0.2, 0.25) is 0 Å². The minimum Gasteiger partial charge on any atom is -0.309 e. The molecule has 6 aromatic carbocycles. The van der Waals surface area contributed by atoms with Crippen LogP contribution < -0.4 is 0 Å². The van der Waals surface area contributed by atoms with Gasteiger partial charge in [0.1, 0.15) is 0 Å². The molecule has 0 saturated heterocycles. The van der Waals surface area contributed by atoms with Crippen LogP contribution in [0.25, 0.3) is 77.6 Å². The molecular weight excluding hydrogens is 550 g/mol. The fourth-order valence-corrected chi connectivity index (χ4v) is 5.93. The molecular formula is C40H25N5. The molecule has 0 spiro atoms. The smallest absolute Gasteiger partial charge is 0.198 e. The average molecular weight is 576 g/mol. The van der Waals surface area contributed by atoms with Gasteiger partial charge in [-0.25, -0.2) is 19.8 Å². The Balaban J connectivity index is 1.35. The van der Waals surface area contributed by atoms with E-state index in [2.05, 4.69) is 76.1 Å². The molecule has 5 nitrogen and oxygen atoms in total. The van der Waals surface area contributed by atoms with Crippen molar-refractivity contribution >= 4 is 27.5 Å². The monoisotopic (exact) mass is 575 g/mol. The average Bonchev–Trinajstić information content (AvgIpc) is 3.46. The first-order valence-electron chi connectivity index (χ1n) is 14.7. The maximum Gasteiger partial charge on any atom is 0.198 e. The van der Waals surface area contributed by atoms with Crippen molar-refractivity contribution in [1.29, 1.82) is 0 Å². The van der Waals surface area contributed by atoms with Crippen LogP contribution in [0.5, 0.6) is 0 Å². The topological polar surface area (TPSA) is 48.0 Å². The van der Waals surface area contributed by atoms with Crippen LogP contribution in [0.2, 0.25) is 0 Å². The van der Waals surface area contributed by atoms with Crippen molar-refractivity contribution < 1.29 is 0 Å². The number of nitrogens with zero attached hydrogens (tertiary/aromatic N) is 5. The van der Waals surface area contributed by atoms with E-state index in [1.807, 2.05) is 84.9 Å². The number of fused-ring (bicyclic) bond motifs is 3. The second-order valence-electron chi connectivity index (χ2n) is 10.8. The zero-order valence-electron chi connectivity index (χ0n) is 24.2. The summed E-state index contributed by atoms with van der Waals surface area (Å²) in [5.41, 5.74) is 8.36. The molecule has 8 aromatic rings. The van der Waals surface area contributed by atoms with Crippen molar-refractivity contribution in [2.24, 2.45) is 0 Å². The maximum atomic E-state index is 8.03. The minimum atomic E-state index is 0.461. The molecule has 0 radical (unpaired) electrons. The lowest BCUT2D eigenvalue weighted by molar-refractivity contribution is 1.07. The fraction of sp³-hybridized carbons (Fsp3) is 0. The summed E-state index contributed by atoms with van der Waals surface area (Å²) in [6.07, 6.45) is 0. The third kappa shape index (κ3) is 4.71. The van der Waals surface area contributed by atoms with Gasteiger partial charge in [-0.1, -0.05) is 121 Å². The highest BCUT2D eigenvalue weighted by molar-refractivity contribution is 6.10. The Kier molecular flexibility index (Phi) is 6.44. The number of hydrogen-bond donors (Lipinski definition) is 0. The van der Waals surface area contributed by atoms with E-state index in [9.17, 15) is 0 Å². The van der Waals surface area contributed by atoms with Gasteiger partial charge in [-0.05, 0) is 41.5 Å². The van der Waals surface area contributed by atoms with Crippen molar-refractivity contribution in [1.82, 2.24) is 19.5 Å². The van der Waals surface area contributed by atoms with Gasteiger partial charge in [-0.15, -0.1) is 0 Å². The summed E-state index contributed by atoms with van der Waals surface area (Å²) in [7, 11) is 0. The van der Waals surface area contributed by atoms with Crippen molar-refractivity contribution in [3.05, 3.63) is 163 Å². The maximum absolute atomic E-state index is 8.03. The molecule has 5 heteroatoms. The third-order valence-corrected chi connectivity index (χ3v) is 8.08. The lowest BCUT2D eigenvalue weighted by Gasteiger charge is -2.13. The Hall–Kier alpha value is -6.38. The van der Waals surface area contributed by atoms with Crippen molar-refractivity contribution in [2.75, 3.05) is 0 Å². The van der Waals surface area contributed by atoms with E-state index in [0.717, 1.165) is 27.8 Å². The van der Waals surface area contributed by atoms with Crippen LogP contribution in [0, 0.1) is 6.57 Å². The third-order valence-electron chi connectivity index (χ3n) is 8.08. The molecule has 0 unspecified atom stereocenters. The SMILES string of the molecule is [C-]#[N+]c1ccc(-n2c3ccccc3c3cc(-c4ccccc4)ccc32)cc1-c1nc(-c2ccccc2)nc(-c2ccccc2)n1. The van der Waals surface area contributed by atoms with Gasteiger partial charge < -0.3 is 4.57 Å². The zero-order chi connectivity index (χ0) is 30.2. The quantitative estimate of drug-likeness (QED) is 0.192. The second-order valence-corrected chi connectivity index (χ2v) is 10.8. The van der Waals surface area contributed by atoms with Crippen LogP contribution in [0.4, 0.5) is 5.69 Å². The standard InChI is InChI=1S/C40H25N5/c1-41-35-23-22-31(45-36-20-12-11-19-32(36)33-25-30(21-24-37(33)45)27-13-5-2-6-14-27)26-34(35)40-43-38(28-15-7-3-8-16-28)42-39(44-40)29-17-9-4-10-18-29/h2-26H. The van der Waals surface area contributed by atoms with Gasteiger partial charge in [-0.2, -0.15) is 0 Å². The first-order chi connectivity index (χ1) is 22.3. The van der Waals surface area contributed by atoms with Gasteiger partial charge >= 0.3 is 0 Å². The first-order valence-corrected chi connectivity index (χ1v) is 14.7. The van der Waals surface area contributed by atoms with Gasteiger partial charge in [-0.3, -0.25) is 0 Å². The van der Waals surface area contributed by atoms with Crippen molar-refractivity contribution in [3.8, 4) is 51.0 Å². The fourth-order valence-electron chi connectivity index (χ4n) is 5.93. The highest BCUT2D eigenvalue weighted by Gasteiger charge is 2.18. The molecule has 0 N–H and O–H groups in total. The predicted molar refractivity (Wildman–Crippen MR) is 182 cm³/mol. The number of aromatic nitrogens is 4. The molecule has 0 saturated carbocycles. The molecule has 0 aliphatic rings. The molecule has 45 heavy (non-hydrogen) atoms. The summed E-state index contributed by atoms with van der Waals surface area (Å²) in [6, 6.07) is 51.2. The summed E-state index contributed by atoms with van der Waals surface area (Å²) in [5.74, 6) is 1.58. The summed E-state index contributed by atoms with van der Waals surface area (Å²) >= 11 is 0. The molecule has 2 heterocycles. The van der Waals surface area contributed by atoms with Gasteiger partial charge in [0, 0.05) is 33.2 Å². The summed E-state index contributed by atoms with van der Waals surface area (Å²) in [4.78, 5) is 18.6. The Morgan fingerprint density at radius 1 is 0.444 bits per heavy atom. The largest absolute Gasteiger partial charge is 0.309 e. The van der Waals surface area contributed by atoms with Crippen LogP contribution >= 0.6 is 0 Å². The van der Waals surface area contributed by atoms with Crippen molar-refractivity contribution in [2.45, 2.75) is 0 Å². The molecule has 8 rings (SSSR count). The van der Waals surface area contributed by atoms with Crippen LogP contribution in [0.15, 0.2) is 152 Å². The van der Waals surface area contributed by atoms with E-state index >= 15 is 0 Å². The highest BCUT2D eigenvalue weighted by Crippen LogP contribution is 2.38. The van der Waals surface area contributed by atoms with E-state index in [1.54, 1.807) is 0 Å². The minimum absolute atomic E-state index is 0.461.